The molecule has 0 bridgehead atoms. The van der Waals surface area contributed by atoms with Gasteiger partial charge in [0.1, 0.15) is 0 Å². The third-order valence-electron chi connectivity index (χ3n) is 3.44. The zero-order chi connectivity index (χ0) is 12.5. The molecule has 2 aromatic heterocycles. The van der Waals surface area contributed by atoms with Crippen LogP contribution in [0.15, 0.2) is 11.6 Å². The highest BCUT2D eigenvalue weighted by atomic mass is 79.9. The Morgan fingerprint density at radius 3 is 3.06 bits per heavy atom. The van der Waals surface area contributed by atoms with Gasteiger partial charge in [-0.05, 0) is 25.2 Å². The van der Waals surface area contributed by atoms with Crippen LogP contribution in [0.2, 0.25) is 0 Å². The van der Waals surface area contributed by atoms with Gasteiger partial charge in [0.15, 0.2) is 10.8 Å². The molecule has 2 heterocycles. The van der Waals surface area contributed by atoms with Gasteiger partial charge >= 0.3 is 0 Å². The zero-order valence-electron chi connectivity index (χ0n) is 10.6. The predicted molar refractivity (Wildman–Crippen MR) is 80.9 cm³/mol. The summed E-state index contributed by atoms with van der Waals surface area (Å²) in [5, 5.41) is 2.97. The molecular formula is C13H18BrN3S. The molecule has 0 unspecified atom stereocenters. The minimum Gasteiger partial charge on any atom is -0.355 e. The summed E-state index contributed by atoms with van der Waals surface area (Å²) >= 11 is 5.32. The molecule has 1 fully saturated rings. The van der Waals surface area contributed by atoms with Crippen molar-refractivity contribution in [3.05, 3.63) is 17.3 Å². The summed E-state index contributed by atoms with van der Waals surface area (Å²) in [6.07, 6.45) is 6.09. The number of alkyl halides is 1. The van der Waals surface area contributed by atoms with Crippen LogP contribution in [-0.4, -0.2) is 22.5 Å². The largest absolute Gasteiger partial charge is 0.355 e. The molecule has 98 valence electrons. The number of rotatable bonds is 6. The van der Waals surface area contributed by atoms with Gasteiger partial charge in [-0.25, -0.2) is 4.98 Å². The SMILES string of the molecule is CCCN(CC1CC1)c1nc2sccn2c1CBr. The average molecular weight is 328 g/mol. The zero-order valence-corrected chi connectivity index (χ0v) is 13.0. The van der Waals surface area contributed by atoms with Crippen molar-refractivity contribution in [2.24, 2.45) is 5.92 Å². The average Bonchev–Trinajstić information content (AvgIpc) is 2.94. The smallest absolute Gasteiger partial charge is 0.195 e. The van der Waals surface area contributed by atoms with Crippen molar-refractivity contribution in [1.29, 1.82) is 0 Å². The first-order chi connectivity index (χ1) is 8.83. The fraction of sp³-hybridized carbons (Fsp3) is 0.615. The maximum atomic E-state index is 4.82. The van der Waals surface area contributed by atoms with Crippen molar-refractivity contribution in [3.8, 4) is 0 Å². The van der Waals surface area contributed by atoms with Gasteiger partial charge in [-0.3, -0.25) is 4.40 Å². The summed E-state index contributed by atoms with van der Waals surface area (Å²) in [6.45, 7) is 4.53. The van der Waals surface area contributed by atoms with Crippen molar-refractivity contribution >= 4 is 38.0 Å². The van der Waals surface area contributed by atoms with E-state index in [9.17, 15) is 0 Å². The number of nitrogens with zero attached hydrogens (tertiary/aromatic N) is 3. The molecule has 0 amide bonds. The topological polar surface area (TPSA) is 20.5 Å². The molecule has 0 spiro atoms. The van der Waals surface area contributed by atoms with Gasteiger partial charge in [0.2, 0.25) is 0 Å². The van der Waals surface area contributed by atoms with Gasteiger partial charge in [0.05, 0.1) is 5.69 Å². The van der Waals surface area contributed by atoms with Crippen molar-refractivity contribution < 1.29 is 0 Å². The molecular weight excluding hydrogens is 310 g/mol. The molecule has 0 aromatic carbocycles. The van der Waals surface area contributed by atoms with Gasteiger partial charge in [-0.15, -0.1) is 11.3 Å². The fourth-order valence-corrected chi connectivity index (χ4v) is 3.61. The Kier molecular flexibility index (Phi) is 3.61. The molecule has 18 heavy (non-hydrogen) atoms. The lowest BCUT2D eigenvalue weighted by Crippen LogP contribution is -2.27. The van der Waals surface area contributed by atoms with E-state index >= 15 is 0 Å². The van der Waals surface area contributed by atoms with Crippen molar-refractivity contribution in [1.82, 2.24) is 9.38 Å². The van der Waals surface area contributed by atoms with E-state index in [0.717, 1.165) is 22.8 Å². The van der Waals surface area contributed by atoms with Crippen LogP contribution in [0.25, 0.3) is 4.96 Å². The Hall–Kier alpha value is -0.550. The summed E-state index contributed by atoms with van der Waals surface area (Å²) in [4.78, 5) is 8.41. The molecule has 5 heteroatoms. The molecule has 1 aliphatic carbocycles. The van der Waals surface area contributed by atoms with Gasteiger partial charge < -0.3 is 4.90 Å². The molecule has 0 saturated heterocycles. The standard InChI is InChI=1S/C13H18BrN3S/c1-2-5-16(9-10-3-4-10)12-11(8-14)17-6-7-18-13(17)15-12/h6-7,10H,2-5,8-9H2,1H3. The Morgan fingerprint density at radius 2 is 2.39 bits per heavy atom. The number of anilines is 1. The van der Waals surface area contributed by atoms with Crippen molar-refractivity contribution in [2.75, 3.05) is 18.0 Å². The second-order valence-electron chi connectivity index (χ2n) is 4.96. The van der Waals surface area contributed by atoms with Crippen LogP contribution < -0.4 is 4.90 Å². The first-order valence-corrected chi connectivity index (χ1v) is 8.59. The maximum absolute atomic E-state index is 4.82. The molecule has 1 aliphatic rings. The number of aromatic nitrogens is 2. The number of hydrogen-bond donors (Lipinski definition) is 0. The van der Waals surface area contributed by atoms with Gasteiger partial charge in [0, 0.05) is 30.0 Å². The summed E-state index contributed by atoms with van der Waals surface area (Å²) < 4.78 is 2.21. The van der Waals surface area contributed by atoms with Crippen LogP contribution in [0.4, 0.5) is 5.82 Å². The highest BCUT2D eigenvalue weighted by Crippen LogP contribution is 2.33. The number of fused-ring (bicyclic) bond motifs is 1. The minimum atomic E-state index is 0.866. The first kappa shape index (κ1) is 12.5. The minimum absolute atomic E-state index is 0.866. The quantitative estimate of drug-likeness (QED) is 0.749. The van der Waals surface area contributed by atoms with E-state index in [1.165, 1.54) is 37.3 Å². The van der Waals surface area contributed by atoms with Crippen LogP contribution >= 0.6 is 27.3 Å². The summed E-state index contributed by atoms with van der Waals surface area (Å²) in [6, 6.07) is 0. The van der Waals surface area contributed by atoms with Crippen LogP contribution in [-0.2, 0) is 5.33 Å². The third kappa shape index (κ3) is 2.30. The highest BCUT2D eigenvalue weighted by molar-refractivity contribution is 9.08. The van der Waals surface area contributed by atoms with E-state index in [0.29, 0.717) is 0 Å². The second-order valence-corrected chi connectivity index (χ2v) is 6.39. The monoisotopic (exact) mass is 327 g/mol. The number of hydrogen-bond acceptors (Lipinski definition) is 3. The van der Waals surface area contributed by atoms with Gasteiger partial charge in [-0.2, -0.15) is 0 Å². The maximum Gasteiger partial charge on any atom is 0.195 e. The lowest BCUT2D eigenvalue weighted by atomic mass is 10.3. The van der Waals surface area contributed by atoms with E-state index in [1.54, 1.807) is 11.3 Å². The van der Waals surface area contributed by atoms with E-state index in [1.807, 2.05) is 0 Å². The Balaban J connectivity index is 1.95. The number of halogens is 1. The lowest BCUT2D eigenvalue weighted by molar-refractivity contribution is 0.699. The summed E-state index contributed by atoms with van der Waals surface area (Å²) in [5.74, 6) is 2.09. The van der Waals surface area contributed by atoms with E-state index in [-0.39, 0.29) is 0 Å². The molecule has 3 rings (SSSR count). The summed E-state index contributed by atoms with van der Waals surface area (Å²) in [5.41, 5.74) is 1.29. The van der Waals surface area contributed by atoms with Crippen LogP contribution in [0.5, 0.6) is 0 Å². The van der Waals surface area contributed by atoms with Crippen LogP contribution in [0.3, 0.4) is 0 Å². The Morgan fingerprint density at radius 1 is 1.56 bits per heavy atom. The molecule has 3 nitrogen and oxygen atoms in total. The normalized spacial score (nSPS) is 15.4. The number of thiazole rings is 1. The molecule has 0 atom stereocenters. The second kappa shape index (κ2) is 5.21. The van der Waals surface area contributed by atoms with E-state index in [4.69, 9.17) is 4.98 Å². The van der Waals surface area contributed by atoms with Gasteiger partial charge in [0.25, 0.3) is 0 Å². The summed E-state index contributed by atoms with van der Waals surface area (Å²) in [7, 11) is 0. The molecule has 0 N–H and O–H groups in total. The highest BCUT2D eigenvalue weighted by Gasteiger charge is 2.26. The third-order valence-corrected chi connectivity index (χ3v) is 4.72. The molecule has 2 aromatic rings. The van der Waals surface area contributed by atoms with E-state index < -0.39 is 0 Å². The Labute approximate surface area is 120 Å². The van der Waals surface area contributed by atoms with Crippen LogP contribution in [0, 0.1) is 5.92 Å². The fourth-order valence-electron chi connectivity index (χ4n) is 2.36. The van der Waals surface area contributed by atoms with Crippen molar-refractivity contribution in [2.45, 2.75) is 31.5 Å². The van der Waals surface area contributed by atoms with E-state index in [2.05, 4.69) is 43.7 Å². The number of imidazole rings is 1. The van der Waals surface area contributed by atoms with Gasteiger partial charge in [-0.1, -0.05) is 22.9 Å². The Bertz CT molecular complexity index is 529. The van der Waals surface area contributed by atoms with Crippen LogP contribution in [0.1, 0.15) is 31.9 Å². The molecule has 1 saturated carbocycles. The van der Waals surface area contributed by atoms with Crippen molar-refractivity contribution in [3.63, 3.8) is 0 Å². The lowest BCUT2D eigenvalue weighted by Gasteiger charge is -2.22. The molecule has 0 radical (unpaired) electrons. The first-order valence-electron chi connectivity index (χ1n) is 6.58. The predicted octanol–water partition coefficient (Wildman–Crippen LogP) is 3.92. The molecule has 0 aliphatic heterocycles.